The van der Waals surface area contributed by atoms with Gasteiger partial charge < -0.3 is 19.9 Å². The van der Waals surface area contributed by atoms with Gasteiger partial charge in [-0.05, 0) is 41.7 Å². The summed E-state index contributed by atoms with van der Waals surface area (Å²) in [5.74, 6) is -3.09. The van der Waals surface area contributed by atoms with Gasteiger partial charge in [0.15, 0.2) is 0 Å². The Balaban J connectivity index is 1.72. The average Bonchev–Trinajstić information content (AvgIpc) is 3.43. The van der Waals surface area contributed by atoms with Gasteiger partial charge in [0.2, 0.25) is 11.8 Å². The maximum Gasteiger partial charge on any atom is 0.471 e. The lowest BCUT2D eigenvalue weighted by atomic mass is 9.80. The maximum atomic E-state index is 14.0. The first-order valence-corrected chi connectivity index (χ1v) is 12.5. The van der Waals surface area contributed by atoms with Crippen LogP contribution in [-0.4, -0.2) is 59.4 Å². The monoisotopic (exact) mass is 542 g/mol. The molecule has 1 N–H and O–H groups in total. The van der Waals surface area contributed by atoms with Crippen LogP contribution in [0.2, 0.25) is 0 Å². The second-order valence-corrected chi connectivity index (χ2v) is 10.3. The molecular weight excluding hydrogens is 513 g/mol. The van der Waals surface area contributed by atoms with E-state index in [9.17, 15) is 32.8 Å². The molecule has 0 bridgehead atoms. The fourth-order valence-corrected chi connectivity index (χ4v) is 5.40. The number of nitriles is 1. The fourth-order valence-electron chi connectivity index (χ4n) is 5.40. The Bertz CT molecular complexity index is 1310. The number of rotatable bonds is 7. The standard InChI is InChI=1S/C28H29F3N4O4/c1-17(2)12-23(34(26(38)28(29,30)31)15-18-8-10-20(39-3)11-9-18)24(36)35-16-27(13-19(35)14-32)21-6-4-5-7-22(21)33-25(27)37/h4-11,17,19,23H,12-13,15-16H2,1-3H3,(H,33,37)/t19-,23-,27-/m0/s1. The van der Waals surface area contributed by atoms with E-state index in [0.717, 1.165) is 0 Å². The van der Waals surface area contributed by atoms with Crippen molar-refractivity contribution in [1.29, 1.82) is 5.26 Å². The quantitative estimate of drug-likeness (QED) is 0.570. The van der Waals surface area contributed by atoms with E-state index in [2.05, 4.69) is 11.4 Å². The van der Waals surface area contributed by atoms with Crippen LogP contribution in [0.3, 0.4) is 0 Å². The third-order valence-corrected chi connectivity index (χ3v) is 7.29. The molecule has 1 spiro atoms. The summed E-state index contributed by atoms with van der Waals surface area (Å²) in [6, 6.07) is 12.6. The third kappa shape index (κ3) is 5.28. The van der Waals surface area contributed by atoms with Crippen LogP contribution in [0.5, 0.6) is 5.75 Å². The Labute approximate surface area is 224 Å². The number of likely N-dealkylation sites (tertiary alicyclic amines) is 1. The predicted molar refractivity (Wildman–Crippen MR) is 135 cm³/mol. The highest BCUT2D eigenvalue weighted by Gasteiger charge is 2.57. The fraction of sp³-hybridized carbons (Fsp3) is 0.429. The summed E-state index contributed by atoms with van der Waals surface area (Å²) in [5.41, 5.74) is 0.367. The molecule has 3 amide bonds. The first-order chi connectivity index (χ1) is 18.4. The Morgan fingerprint density at radius 2 is 1.87 bits per heavy atom. The zero-order chi connectivity index (χ0) is 28.5. The van der Waals surface area contributed by atoms with Gasteiger partial charge in [-0.2, -0.15) is 18.4 Å². The van der Waals surface area contributed by atoms with E-state index >= 15 is 0 Å². The van der Waals surface area contributed by atoms with Gasteiger partial charge >= 0.3 is 12.1 Å². The number of fused-ring (bicyclic) bond motifs is 2. The largest absolute Gasteiger partial charge is 0.497 e. The van der Waals surface area contributed by atoms with E-state index in [0.29, 0.717) is 27.5 Å². The third-order valence-electron chi connectivity index (χ3n) is 7.29. The number of alkyl halides is 3. The molecule has 1 fully saturated rings. The molecule has 8 nitrogen and oxygen atoms in total. The van der Waals surface area contributed by atoms with E-state index < -0.39 is 42.0 Å². The van der Waals surface area contributed by atoms with Crippen LogP contribution in [0.25, 0.3) is 0 Å². The number of hydrogen-bond acceptors (Lipinski definition) is 5. The number of ether oxygens (including phenoxy) is 1. The number of anilines is 1. The summed E-state index contributed by atoms with van der Waals surface area (Å²) in [7, 11) is 1.45. The lowest BCUT2D eigenvalue weighted by Gasteiger charge is -2.36. The minimum absolute atomic E-state index is 0.00180. The highest BCUT2D eigenvalue weighted by atomic mass is 19.4. The van der Waals surface area contributed by atoms with Gasteiger partial charge in [0.05, 0.1) is 18.6 Å². The number of carbonyl (C=O) groups excluding carboxylic acids is 3. The second kappa shape index (κ2) is 10.6. The SMILES string of the molecule is COc1ccc(CN(C(=O)C(F)(F)F)[C@@H](CC(C)C)C(=O)N2C[C@]3(C[C@H]2C#N)C(=O)Nc2ccccc23)cc1. The molecule has 2 aliphatic rings. The normalized spacial score (nSPS) is 20.9. The molecule has 1 saturated heterocycles. The summed E-state index contributed by atoms with van der Waals surface area (Å²) in [4.78, 5) is 41.6. The molecular formula is C28H29F3N4O4. The zero-order valence-electron chi connectivity index (χ0n) is 21.8. The van der Waals surface area contributed by atoms with Gasteiger partial charge in [0.1, 0.15) is 17.8 Å². The lowest BCUT2D eigenvalue weighted by molar-refractivity contribution is -0.190. The minimum atomic E-state index is -5.23. The van der Waals surface area contributed by atoms with Crippen molar-refractivity contribution in [2.75, 3.05) is 19.0 Å². The number of hydrogen-bond donors (Lipinski definition) is 1. The molecule has 2 aliphatic heterocycles. The summed E-state index contributed by atoms with van der Waals surface area (Å²) in [6.45, 7) is 2.80. The van der Waals surface area contributed by atoms with Crippen molar-refractivity contribution in [1.82, 2.24) is 9.80 Å². The summed E-state index contributed by atoms with van der Waals surface area (Å²) in [6.07, 6.45) is -5.30. The molecule has 2 aromatic carbocycles. The number of nitrogens with zero attached hydrogens (tertiary/aromatic N) is 3. The number of amides is 3. The number of halogens is 3. The zero-order valence-corrected chi connectivity index (χ0v) is 21.8. The van der Waals surface area contributed by atoms with E-state index in [-0.39, 0.29) is 31.2 Å². The Hall–Kier alpha value is -4.07. The molecule has 0 radical (unpaired) electrons. The highest BCUT2D eigenvalue weighted by Crippen LogP contribution is 2.46. The lowest BCUT2D eigenvalue weighted by Crippen LogP contribution is -2.55. The van der Waals surface area contributed by atoms with Crippen molar-refractivity contribution in [2.45, 2.75) is 56.9 Å². The van der Waals surface area contributed by atoms with E-state index in [1.807, 2.05) is 0 Å². The van der Waals surface area contributed by atoms with Crippen LogP contribution in [0, 0.1) is 17.2 Å². The van der Waals surface area contributed by atoms with Gasteiger partial charge in [0, 0.05) is 25.2 Å². The number of nitrogens with one attached hydrogen (secondary N) is 1. The van der Waals surface area contributed by atoms with Crippen molar-refractivity contribution in [3.8, 4) is 11.8 Å². The molecule has 206 valence electrons. The summed E-state index contributed by atoms with van der Waals surface area (Å²) >= 11 is 0. The number of carbonyl (C=O) groups is 3. The van der Waals surface area contributed by atoms with Gasteiger partial charge in [-0.1, -0.05) is 44.2 Å². The first-order valence-electron chi connectivity index (χ1n) is 12.5. The molecule has 0 aromatic heterocycles. The van der Waals surface area contributed by atoms with Crippen LogP contribution < -0.4 is 10.1 Å². The Morgan fingerprint density at radius 1 is 1.21 bits per heavy atom. The number of para-hydroxylation sites is 1. The van der Waals surface area contributed by atoms with Crippen molar-refractivity contribution in [2.24, 2.45) is 5.92 Å². The highest BCUT2D eigenvalue weighted by molar-refractivity contribution is 6.07. The molecule has 0 saturated carbocycles. The van der Waals surface area contributed by atoms with E-state index in [1.54, 1.807) is 50.2 Å². The predicted octanol–water partition coefficient (Wildman–Crippen LogP) is 4.02. The topological polar surface area (TPSA) is 103 Å². The first kappa shape index (κ1) is 28.0. The summed E-state index contributed by atoms with van der Waals surface area (Å²) in [5, 5.41) is 12.7. The van der Waals surface area contributed by atoms with E-state index in [4.69, 9.17) is 4.74 Å². The van der Waals surface area contributed by atoms with Gasteiger partial charge in [-0.25, -0.2) is 0 Å². The molecule has 0 aliphatic carbocycles. The van der Waals surface area contributed by atoms with Crippen molar-refractivity contribution >= 4 is 23.4 Å². The van der Waals surface area contributed by atoms with Crippen LogP contribution in [0.4, 0.5) is 18.9 Å². The molecule has 4 rings (SSSR count). The molecule has 0 unspecified atom stereocenters. The maximum absolute atomic E-state index is 14.0. The minimum Gasteiger partial charge on any atom is -0.497 e. The van der Waals surface area contributed by atoms with Gasteiger partial charge in [0.25, 0.3) is 0 Å². The molecule has 39 heavy (non-hydrogen) atoms. The molecule has 11 heteroatoms. The Kier molecular flexibility index (Phi) is 7.59. The van der Waals surface area contributed by atoms with Crippen molar-refractivity contribution < 1.29 is 32.3 Å². The number of methoxy groups -OCH3 is 1. The molecule has 3 atom stereocenters. The smallest absolute Gasteiger partial charge is 0.471 e. The molecule has 2 aromatic rings. The van der Waals surface area contributed by atoms with Gasteiger partial charge in [-0.15, -0.1) is 0 Å². The number of benzene rings is 2. The van der Waals surface area contributed by atoms with Crippen LogP contribution >= 0.6 is 0 Å². The second-order valence-electron chi connectivity index (χ2n) is 10.3. The van der Waals surface area contributed by atoms with Crippen LogP contribution in [0.15, 0.2) is 48.5 Å². The average molecular weight is 543 g/mol. The van der Waals surface area contributed by atoms with Crippen LogP contribution in [-0.2, 0) is 26.3 Å². The molecule has 2 heterocycles. The van der Waals surface area contributed by atoms with E-state index in [1.165, 1.54) is 24.1 Å². The summed E-state index contributed by atoms with van der Waals surface area (Å²) < 4.78 is 46.6. The Morgan fingerprint density at radius 3 is 2.46 bits per heavy atom. The van der Waals surface area contributed by atoms with Crippen LogP contribution in [0.1, 0.15) is 37.8 Å². The van der Waals surface area contributed by atoms with Crippen molar-refractivity contribution in [3.63, 3.8) is 0 Å². The van der Waals surface area contributed by atoms with Gasteiger partial charge in [-0.3, -0.25) is 14.4 Å². The van der Waals surface area contributed by atoms with Crippen molar-refractivity contribution in [3.05, 3.63) is 59.7 Å².